The molecule has 0 unspecified atom stereocenters. The first kappa shape index (κ1) is 19.3. The molecule has 0 saturated heterocycles. The fraction of sp³-hybridized carbons (Fsp3) is 0.350. The van der Waals surface area contributed by atoms with E-state index < -0.39 is 0 Å². The van der Waals surface area contributed by atoms with Gasteiger partial charge in [0.15, 0.2) is 0 Å². The molecule has 0 aromatic heterocycles. The van der Waals surface area contributed by atoms with Crippen LogP contribution in [-0.4, -0.2) is 44.1 Å². The molecule has 0 aliphatic carbocycles. The van der Waals surface area contributed by atoms with Crippen LogP contribution in [0.1, 0.15) is 18.4 Å². The Bertz CT molecular complexity index is 647. The minimum atomic E-state index is 0.0248. The lowest BCUT2D eigenvalue weighted by atomic mass is 10.0. The second kappa shape index (κ2) is 10.1. The molecule has 2 aromatic rings. The zero-order valence-corrected chi connectivity index (χ0v) is 15.5. The Kier molecular flexibility index (Phi) is 7.76. The molecule has 0 spiro atoms. The molecular weight excluding hydrogens is 336 g/mol. The van der Waals surface area contributed by atoms with E-state index in [1.165, 1.54) is 5.56 Å². The summed E-state index contributed by atoms with van der Waals surface area (Å²) in [7, 11) is 1.91. The van der Waals surface area contributed by atoms with Gasteiger partial charge in [0, 0.05) is 18.1 Å². The van der Waals surface area contributed by atoms with Gasteiger partial charge in [0.1, 0.15) is 12.4 Å². The molecule has 0 heterocycles. The normalized spacial score (nSPS) is 12.0. The zero-order chi connectivity index (χ0) is 18.1. The lowest BCUT2D eigenvalue weighted by molar-refractivity contribution is -0.122. The van der Waals surface area contributed by atoms with Gasteiger partial charge < -0.3 is 10.1 Å². The molecule has 2 aromatic carbocycles. The minimum absolute atomic E-state index is 0.0248. The molecule has 0 aliphatic heterocycles. The molecular formula is C20H25ClN2O2. The summed E-state index contributed by atoms with van der Waals surface area (Å²) in [4.78, 5) is 14.0. The van der Waals surface area contributed by atoms with Crippen LogP contribution in [0.2, 0.25) is 5.02 Å². The highest BCUT2D eigenvalue weighted by Gasteiger charge is 2.09. The van der Waals surface area contributed by atoms with Crippen molar-refractivity contribution >= 4 is 17.5 Å². The van der Waals surface area contributed by atoms with Gasteiger partial charge >= 0.3 is 0 Å². The van der Waals surface area contributed by atoms with Crippen LogP contribution in [-0.2, 0) is 4.79 Å². The van der Waals surface area contributed by atoms with E-state index >= 15 is 0 Å². The molecule has 1 amide bonds. The van der Waals surface area contributed by atoms with E-state index in [2.05, 4.69) is 24.4 Å². The lowest BCUT2D eigenvalue weighted by Crippen LogP contribution is -2.38. The Morgan fingerprint density at radius 1 is 1.16 bits per heavy atom. The fourth-order valence-electron chi connectivity index (χ4n) is 2.40. The van der Waals surface area contributed by atoms with Gasteiger partial charge in [-0.25, -0.2) is 0 Å². The van der Waals surface area contributed by atoms with E-state index in [0.717, 1.165) is 5.75 Å². The monoisotopic (exact) mass is 360 g/mol. The minimum Gasteiger partial charge on any atom is -0.492 e. The number of hydrogen-bond donors (Lipinski definition) is 1. The van der Waals surface area contributed by atoms with Crippen molar-refractivity contribution < 1.29 is 9.53 Å². The Hall–Kier alpha value is -2.04. The third kappa shape index (κ3) is 7.16. The predicted molar refractivity (Wildman–Crippen MR) is 102 cm³/mol. The number of carbonyl (C=O) groups excluding carboxylic acids is 1. The second-order valence-electron chi connectivity index (χ2n) is 6.16. The van der Waals surface area contributed by atoms with Gasteiger partial charge in [-0.2, -0.15) is 0 Å². The van der Waals surface area contributed by atoms with Gasteiger partial charge in [-0.15, -0.1) is 0 Å². The summed E-state index contributed by atoms with van der Waals surface area (Å²) in [5, 5.41) is 3.68. The number of halogens is 1. The van der Waals surface area contributed by atoms with Crippen molar-refractivity contribution in [3.05, 3.63) is 65.2 Å². The zero-order valence-electron chi connectivity index (χ0n) is 14.7. The maximum absolute atomic E-state index is 12.1. The first-order valence-corrected chi connectivity index (χ1v) is 8.81. The van der Waals surface area contributed by atoms with Crippen LogP contribution in [0.4, 0.5) is 0 Å². The van der Waals surface area contributed by atoms with Gasteiger partial charge in [-0.3, -0.25) is 9.69 Å². The first-order chi connectivity index (χ1) is 12.0. The summed E-state index contributed by atoms with van der Waals surface area (Å²) >= 11 is 5.84. The first-order valence-electron chi connectivity index (χ1n) is 8.43. The molecule has 0 saturated carbocycles. The average molecular weight is 361 g/mol. The highest BCUT2D eigenvalue weighted by Crippen LogP contribution is 2.15. The number of carbonyl (C=O) groups is 1. The van der Waals surface area contributed by atoms with E-state index in [9.17, 15) is 4.79 Å². The van der Waals surface area contributed by atoms with Gasteiger partial charge in [0.2, 0.25) is 5.91 Å². The lowest BCUT2D eigenvalue weighted by Gasteiger charge is -2.18. The molecule has 1 atom stereocenters. The van der Waals surface area contributed by atoms with Crippen LogP contribution in [0, 0.1) is 0 Å². The molecule has 1 N–H and O–H groups in total. The standard InChI is InChI=1S/C20H25ClN2O2/c1-16(17-6-4-3-5-7-17)14-22-20(24)15-23(2)12-13-25-19-10-8-18(21)9-11-19/h3-11,16H,12-15H2,1-2H3,(H,22,24)/t16-/m1/s1. The van der Waals surface area contributed by atoms with Crippen molar-refractivity contribution in [3.8, 4) is 5.75 Å². The van der Waals surface area contributed by atoms with Crippen LogP contribution in [0.3, 0.4) is 0 Å². The average Bonchev–Trinajstić information content (AvgIpc) is 2.62. The molecule has 0 aliphatic rings. The van der Waals surface area contributed by atoms with E-state index in [1.54, 1.807) is 12.1 Å². The predicted octanol–water partition coefficient (Wildman–Crippen LogP) is 3.57. The number of benzene rings is 2. The third-order valence-electron chi connectivity index (χ3n) is 3.94. The van der Waals surface area contributed by atoms with Gasteiger partial charge in [-0.1, -0.05) is 48.9 Å². The Balaban J connectivity index is 1.63. The maximum atomic E-state index is 12.1. The summed E-state index contributed by atoms with van der Waals surface area (Å²) in [5.41, 5.74) is 1.23. The number of nitrogens with one attached hydrogen (secondary N) is 1. The number of ether oxygens (including phenoxy) is 1. The largest absolute Gasteiger partial charge is 0.492 e. The maximum Gasteiger partial charge on any atom is 0.234 e. The van der Waals surface area contributed by atoms with E-state index in [0.29, 0.717) is 37.2 Å². The number of hydrogen-bond acceptors (Lipinski definition) is 3. The smallest absolute Gasteiger partial charge is 0.234 e. The van der Waals surface area contributed by atoms with Crippen molar-refractivity contribution in [3.63, 3.8) is 0 Å². The van der Waals surface area contributed by atoms with Crippen molar-refractivity contribution in [1.82, 2.24) is 10.2 Å². The summed E-state index contributed by atoms with van der Waals surface area (Å²) in [5.74, 6) is 1.10. The van der Waals surface area contributed by atoms with Crippen molar-refractivity contribution in [2.24, 2.45) is 0 Å². The summed E-state index contributed by atoms with van der Waals surface area (Å²) in [6, 6.07) is 17.4. The molecule has 4 nitrogen and oxygen atoms in total. The molecule has 0 fully saturated rings. The van der Waals surface area contributed by atoms with Crippen molar-refractivity contribution in [2.75, 3.05) is 33.3 Å². The van der Waals surface area contributed by atoms with Crippen molar-refractivity contribution in [1.29, 1.82) is 0 Å². The third-order valence-corrected chi connectivity index (χ3v) is 4.19. The SMILES string of the molecule is C[C@H](CNC(=O)CN(C)CCOc1ccc(Cl)cc1)c1ccccc1. The van der Waals surface area contributed by atoms with E-state index in [4.69, 9.17) is 16.3 Å². The molecule has 0 radical (unpaired) electrons. The fourth-order valence-corrected chi connectivity index (χ4v) is 2.52. The summed E-state index contributed by atoms with van der Waals surface area (Å²) in [6.07, 6.45) is 0. The molecule has 5 heteroatoms. The van der Waals surface area contributed by atoms with Crippen LogP contribution >= 0.6 is 11.6 Å². The quantitative estimate of drug-likeness (QED) is 0.743. The van der Waals surface area contributed by atoms with Crippen LogP contribution < -0.4 is 10.1 Å². The second-order valence-corrected chi connectivity index (χ2v) is 6.59. The number of rotatable bonds is 9. The van der Waals surface area contributed by atoms with Crippen LogP contribution in [0.15, 0.2) is 54.6 Å². The molecule has 25 heavy (non-hydrogen) atoms. The molecule has 2 rings (SSSR count). The highest BCUT2D eigenvalue weighted by molar-refractivity contribution is 6.30. The number of amides is 1. The Labute approximate surface area is 154 Å². The summed E-state index contributed by atoms with van der Waals surface area (Å²) in [6.45, 7) is 4.29. The van der Waals surface area contributed by atoms with E-state index in [-0.39, 0.29) is 5.91 Å². The van der Waals surface area contributed by atoms with E-state index in [1.807, 2.05) is 42.3 Å². The Morgan fingerprint density at radius 3 is 2.52 bits per heavy atom. The summed E-state index contributed by atoms with van der Waals surface area (Å²) < 4.78 is 5.64. The van der Waals surface area contributed by atoms with Gasteiger partial charge in [0.05, 0.1) is 6.54 Å². The molecule has 0 bridgehead atoms. The Morgan fingerprint density at radius 2 is 1.84 bits per heavy atom. The molecule has 134 valence electrons. The van der Waals surface area contributed by atoms with Gasteiger partial charge in [0.25, 0.3) is 0 Å². The van der Waals surface area contributed by atoms with Gasteiger partial charge in [-0.05, 0) is 42.8 Å². The van der Waals surface area contributed by atoms with Crippen molar-refractivity contribution in [2.45, 2.75) is 12.8 Å². The van der Waals surface area contributed by atoms with Crippen LogP contribution in [0.5, 0.6) is 5.75 Å². The number of nitrogens with zero attached hydrogens (tertiary/aromatic N) is 1. The topological polar surface area (TPSA) is 41.6 Å². The van der Waals surface area contributed by atoms with Crippen LogP contribution in [0.25, 0.3) is 0 Å². The highest BCUT2D eigenvalue weighted by atomic mass is 35.5. The number of likely N-dealkylation sites (N-methyl/N-ethyl adjacent to an activating group) is 1.